The van der Waals surface area contributed by atoms with E-state index >= 15 is 0 Å². The predicted molar refractivity (Wildman–Crippen MR) is 56.1 cm³/mol. The summed E-state index contributed by atoms with van der Waals surface area (Å²) in [7, 11) is 0. The Hall–Kier alpha value is -1.58. The van der Waals surface area contributed by atoms with Crippen LogP contribution in [0.4, 0.5) is 0 Å². The van der Waals surface area contributed by atoms with Gasteiger partial charge in [0.25, 0.3) is 0 Å². The molecule has 0 unspecified atom stereocenters. The monoisotopic (exact) mass is 212 g/mol. The van der Waals surface area contributed by atoms with Crippen LogP contribution in [-0.4, -0.2) is 24.1 Å². The number of ether oxygens (including phenoxy) is 2. The van der Waals surface area contributed by atoms with E-state index < -0.39 is 17.5 Å². The summed E-state index contributed by atoms with van der Waals surface area (Å²) in [6, 6.07) is 0. The van der Waals surface area contributed by atoms with Crippen LogP contribution in [0.5, 0.6) is 0 Å². The molecular weight excluding hydrogens is 196 g/mol. The second-order valence-corrected chi connectivity index (χ2v) is 3.74. The van der Waals surface area contributed by atoms with Gasteiger partial charge in [0.05, 0.1) is 0 Å². The summed E-state index contributed by atoms with van der Waals surface area (Å²) in [6.07, 6.45) is 1.06. The molecule has 0 fully saturated rings. The molecule has 0 radical (unpaired) electrons. The minimum absolute atomic E-state index is 0.0156. The van der Waals surface area contributed by atoms with Crippen molar-refractivity contribution in [1.29, 1.82) is 0 Å². The maximum atomic E-state index is 11.1. The summed E-state index contributed by atoms with van der Waals surface area (Å²) in [5, 5.41) is 0. The third-order valence-corrected chi connectivity index (χ3v) is 1.44. The zero-order valence-electron chi connectivity index (χ0n) is 9.33. The van der Waals surface area contributed by atoms with E-state index in [4.69, 9.17) is 9.47 Å². The second kappa shape index (κ2) is 5.34. The number of esters is 2. The lowest BCUT2D eigenvalue weighted by Crippen LogP contribution is -2.34. The van der Waals surface area contributed by atoms with Crippen LogP contribution in [0.2, 0.25) is 0 Å². The molecule has 0 aromatic rings. The van der Waals surface area contributed by atoms with Crippen molar-refractivity contribution < 1.29 is 19.1 Å². The van der Waals surface area contributed by atoms with Gasteiger partial charge in [-0.25, -0.2) is 9.59 Å². The molecule has 0 bridgehead atoms. The Bertz CT molecular complexity index is 289. The van der Waals surface area contributed by atoms with Gasteiger partial charge in [0, 0.05) is 11.6 Å². The Morgan fingerprint density at radius 3 is 2.33 bits per heavy atom. The molecule has 0 aliphatic heterocycles. The van der Waals surface area contributed by atoms with Crippen molar-refractivity contribution >= 4 is 11.9 Å². The first-order chi connectivity index (χ1) is 6.78. The van der Waals surface area contributed by atoms with Gasteiger partial charge < -0.3 is 9.47 Å². The van der Waals surface area contributed by atoms with Crippen molar-refractivity contribution in [2.75, 3.05) is 6.61 Å². The predicted octanol–water partition coefficient (Wildman–Crippen LogP) is 1.61. The molecule has 0 spiro atoms. The topological polar surface area (TPSA) is 52.6 Å². The minimum Gasteiger partial charge on any atom is -0.458 e. The van der Waals surface area contributed by atoms with E-state index in [0.717, 1.165) is 6.08 Å². The lowest BCUT2D eigenvalue weighted by molar-refractivity contribution is -0.162. The minimum atomic E-state index is -0.865. The highest BCUT2D eigenvalue weighted by atomic mass is 16.6. The first kappa shape index (κ1) is 13.4. The Morgan fingerprint density at radius 1 is 1.40 bits per heavy atom. The molecule has 15 heavy (non-hydrogen) atoms. The summed E-state index contributed by atoms with van der Waals surface area (Å²) >= 11 is 0. The molecule has 0 saturated carbocycles. The van der Waals surface area contributed by atoms with Crippen molar-refractivity contribution in [1.82, 2.24) is 0 Å². The van der Waals surface area contributed by atoms with E-state index in [0.29, 0.717) is 5.57 Å². The van der Waals surface area contributed by atoms with Crippen LogP contribution in [-0.2, 0) is 19.1 Å². The van der Waals surface area contributed by atoms with E-state index in [1.807, 2.05) is 0 Å². The Balaban J connectivity index is 4.15. The zero-order valence-corrected chi connectivity index (χ0v) is 9.33. The number of hydrogen-bond donors (Lipinski definition) is 0. The first-order valence-electron chi connectivity index (χ1n) is 4.46. The summed E-state index contributed by atoms with van der Waals surface area (Å²) in [5.41, 5.74) is -0.558. The molecule has 84 valence electrons. The SMILES string of the molecule is C=CC(=O)OC(C)(C)COC(=O)C(=C)C. The van der Waals surface area contributed by atoms with Crippen LogP contribution in [0.25, 0.3) is 0 Å². The molecule has 0 rings (SSSR count). The molecule has 0 aliphatic rings. The van der Waals surface area contributed by atoms with Gasteiger partial charge in [0.2, 0.25) is 0 Å². The fourth-order valence-electron chi connectivity index (χ4n) is 0.706. The number of hydrogen-bond acceptors (Lipinski definition) is 4. The molecule has 0 aliphatic carbocycles. The average molecular weight is 212 g/mol. The molecule has 4 nitrogen and oxygen atoms in total. The fourth-order valence-corrected chi connectivity index (χ4v) is 0.706. The fraction of sp³-hybridized carbons (Fsp3) is 0.455. The molecule has 0 heterocycles. The standard InChI is InChI=1S/C11H16O4/c1-6-9(12)15-11(4,5)7-14-10(13)8(2)3/h6H,1-2,7H2,3-5H3. The summed E-state index contributed by atoms with van der Waals surface area (Å²) in [5.74, 6) is -1.05. The smallest absolute Gasteiger partial charge is 0.333 e. The Labute approximate surface area is 89.6 Å². The molecule has 0 amide bonds. The highest BCUT2D eigenvalue weighted by Gasteiger charge is 2.24. The lowest BCUT2D eigenvalue weighted by Gasteiger charge is -2.23. The van der Waals surface area contributed by atoms with Gasteiger partial charge in [-0.15, -0.1) is 0 Å². The van der Waals surface area contributed by atoms with Gasteiger partial charge in [0.15, 0.2) is 0 Å². The van der Waals surface area contributed by atoms with Crippen molar-refractivity contribution in [3.05, 3.63) is 24.8 Å². The Kier molecular flexibility index (Phi) is 4.78. The van der Waals surface area contributed by atoms with Crippen LogP contribution in [0, 0.1) is 0 Å². The third kappa shape index (κ3) is 5.67. The first-order valence-corrected chi connectivity index (χ1v) is 4.46. The third-order valence-electron chi connectivity index (χ3n) is 1.44. The highest BCUT2D eigenvalue weighted by molar-refractivity contribution is 5.87. The number of rotatable bonds is 5. The molecule has 0 N–H and O–H groups in total. The van der Waals surface area contributed by atoms with Crippen LogP contribution < -0.4 is 0 Å². The largest absolute Gasteiger partial charge is 0.458 e. The average Bonchev–Trinajstić information content (AvgIpc) is 2.13. The van der Waals surface area contributed by atoms with E-state index in [9.17, 15) is 9.59 Å². The van der Waals surface area contributed by atoms with Gasteiger partial charge in [-0.2, -0.15) is 0 Å². The summed E-state index contributed by atoms with van der Waals surface area (Å²) in [4.78, 5) is 22.0. The van der Waals surface area contributed by atoms with Crippen molar-refractivity contribution in [2.45, 2.75) is 26.4 Å². The summed E-state index contributed by atoms with van der Waals surface area (Å²) < 4.78 is 9.82. The van der Waals surface area contributed by atoms with E-state index in [1.54, 1.807) is 20.8 Å². The van der Waals surface area contributed by atoms with Crippen LogP contribution >= 0.6 is 0 Å². The van der Waals surface area contributed by atoms with Gasteiger partial charge in [0.1, 0.15) is 12.2 Å². The van der Waals surface area contributed by atoms with Gasteiger partial charge >= 0.3 is 11.9 Å². The number of carbonyl (C=O) groups is 2. The highest BCUT2D eigenvalue weighted by Crippen LogP contribution is 2.11. The Morgan fingerprint density at radius 2 is 1.93 bits per heavy atom. The van der Waals surface area contributed by atoms with Crippen molar-refractivity contribution in [3.63, 3.8) is 0 Å². The zero-order chi connectivity index (χ0) is 12.1. The van der Waals surface area contributed by atoms with Gasteiger partial charge in [-0.05, 0) is 20.8 Å². The van der Waals surface area contributed by atoms with Crippen molar-refractivity contribution in [2.24, 2.45) is 0 Å². The second-order valence-electron chi connectivity index (χ2n) is 3.74. The van der Waals surface area contributed by atoms with Crippen LogP contribution in [0.1, 0.15) is 20.8 Å². The normalized spacial score (nSPS) is 10.3. The van der Waals surface area contributed by atoms with Crippen LogP contribution in [0.3, 0.4) is 0 Å². The van der Waals surface area contributed by atoms with Gasteiger partial charge in [-0.1, -0.05) is 13.2 Å². The van der Waals surface area contributed by atoms with E-state index in [1.165, 1.54) is 0 Å². The molecule has 0 aromatic heterocycles. The molecule has 4 heteroatoms. The maximum absolute atomic E-state index is 11.1. The maximum Gasteiger partial charge on any atom is 0.333 e. The molecule has 0 saturated heterocycles. The number of carbonyl (C=O) groups excluding carboxylic acids is 2. The van der Waals surface area contributed by atoms with E-state index in [-0.39, 0.29) is 6.61 Å². The van der Waals surface area contributed by atoms with E-state index in [2.05, 4.69) is 13.2 Å². The summed E-state index contributed by atoms with van der Waals surface area (Å²) in [6.45, 7) is 11.5. The van der Waals surface area contributed by atoms with Crippen molar-refractivity contribution in [3.8, 4) is 0 Å². The quantitative estimate of drug-likeness (QED) is 0.513. The van der Waals surface area contributed by atoms with Gasteiger partial charge in [-0.3, -0.25) is 0 Å². The lowest BCUT2D eigenvalue weighted by atomic mass is 10.1. The molecule has 0 atom stereocenters. The molecule has 0 aromatic carbocycles. The molecular formula is C11H16O4. The van der Waals surface area contributed by atoms with Crippen LogP contribution in [0.15, 0.2) is 24.8 Å².